The second kappa shape index (κ2) is 6.49. The Bertz CT molecular complexity index is 547. The Morgan fingerprint density at radius 2 is 2.00 bits per heavy atom. The summed E-state index contributed by atoms with van der Waals surface area (Å²) in [6.45, 7) is 1.37. The minimum absolute atomic E-state index is 0.118. The first-order valence-electron chi connectivity index (χ1n) is 6.92. The third-order valence-corrected chi connectivity index (χ3v) is 3.21. The van der Waals surface area contributed by atoms with Crippen molar-refractivity contribution in [1.29, 1.82) is 0 Å². The van der Waals surface area contributed by atoms with Crippen molar-refractivity contribution in [3.63, 3.8) is 0 Å². The van der Waals surface area contributed by atoms with Crippen LogP contribution in [0.4, 0.5) is 13.2 Å². The Labute approximate surface area is 121 Å². The number of hydrogen-bond donors (Lipinski definition) is 1. The van der Waals surface area contributed by atoms with E-state index in [9.17, 15) is 13.2 Å². The molecule has 3 nitrogen and oxygen atoms in total. The number of hydrogen-bond acceptors (Lipinski definition) is 3. The molecule has 0 aliphatic rings. The van der Waals surface area contributed by atoms with E-state index in [-0.39, 0.29) is 6.54 Å². The van der Waals surface area contributed by atoms with Crippen LogP contribution >= 0.6 is 0 Å². The molecule has 21 heavy (non-hydrogen) atoms. The molecule has 1 atom stereocenters. The summed E-state index contributed by atoms with van der Waals surface area (Å²) >= 11 is 0. The number of rotatable bonds is 6. The van der Waals surface area contributed by atoms with Crippen LogP contribution in [-0.4, -0.2) is 30.7 Å². The normalized spacial score (nSPS) is 14.0. The van der Waals surface area contributed by atoms with Gasteiger partial charge in [0.25, 0.3) is 0 Å². The first kappa shape index (κ1) is 15.9. The van der Waals surface area contributed by atoms with Crippen molar-refractivity contribution in [2.45, 2.75) is 25.6 Å². The third-order valence-electron chi connectivity index (χ3n) is 3.21. The van der Waals surface area contributed by atoms with Crippen LogP contribution in [0.1, 0.15) is 25.1 Å². The molecule has 0 spiro atoms. The van der Waals surface area contributed by atoms with Crippen LogP contribution in [0.3, 0.4) is 0 Å². The molecule has 0 saturated heterocycles. The van der Waals surface area contributed by atoms with Crippen LogP contribution in [0, 0.1) is 0 Å². The highest BCUT2D eigenvalue weighted by molar-refractivity contribution is 5.77. The van der Waals surface area contributed by atoms with Gasteiger partial charge in [-0.05, 0) is 25.1 Å². The van der Waals surface area contributed by atoms with Gasteiger partial charge in [-0.3, -0.25) is 4.90 Å². The number of benzene rings is 1. The number of nitrogens with two attached hydrogens (primary N) is 1. The van der Waals surface area contributed by atoms with Crippen LogP contribution < -0.4 is 5.73 Å². The van der Waals surface area contributed by atoms with Crippen molar-refractivity contribution < 1.29 is 17.6 Å². The molecule has 0 amide bonds. The standard InChI is InChI=1S/C15H19F3N2O/c1-2-7-20(10-15(16,17)18)9-12(19)14-8-11-5-3-4-6-13(11)21-14/h3-6,8,12H,2,7,9-10,19H2,1H3. The van der Waals surface area contributed by atoms with Gasteiger partial charge < -0.3 is 10.2 Å². The highest BCUT2D eigenvalue weighted by Crippen LogP contribution is 2.24. The fourth-order valence-corrected chi connectivity index (χ4v) is 2.36. The minimum atomic E-state index is -4.22. The van der Waals surface area contributed by atoms with E-state index in [1.54, 1.807) is 6.07 Å². The van der Waals surface area contributed by atoms with E-state index in [0.717, 1.165) is 5.39 Å². The quantitative estimate of drug-likeness (QED) is 0.884. The molecule has 1 unspecified atom stereocenters. The number of halogens is 3. The molecule has 1 aromatic carbocycles. The van der Waals surface area contributed by atoms with E-state index < -0.39 is 18.8 Å². The predicted octanol–water partition coefficient (Wildman–Crippen LogP) is 3.71. The molecular weight excluding hydrogens is 281 g/mol. The summed E-state index contributed by atoms with van der Waals surface area (Å²) in [7, 11) is 0. The zero-order valence-corrected chi connectivity index (χ0v) is 11.9. The van der Waals surface area contributed by atoms with Gasteiger partial charge in [0.15, 0.2) is 0 Å². The van der Waals surface area contributed by atoms with Gasteiger partial charge in [0.2, 0.25) is 0 Å². The van der Waals surface area contributed by atoms with E-state index in [0.29, 0.717) is 24.3 Å². The second-order valence-electron chi connectivity index (χ2n) is 5.14. The van der Waals surface area contributed by atoms with Crippen molar-refractivity contribution in [3.05, 3.63) is 36.1 Å². The molecule has 2 aromatic rings. The number of alkyl halides is 3. The average molecular weight is 300 g/mol. The number of furan rings is 1. The van der Waals surface area contributed by atoms with Crippen LogP contribution in [0.5, 0.6) is 0 Å². The Kier molecular flexibility index (Phi) is 4.90. The summed E-state index contributed by atoms with van der Waals surface area (Å²) in [5, 5.41) is 0.904. The maximum atomic E-state index is 12.5. The van der Waals surface area contributed by atoms with Crippen LogP contribution in [0.15, 0.2) is 34.7 Å². The van der Waals surface area contributed by atoms with E-state index in [1.165, 1.54) is 4.90 Å². The molecule has 116 valence electrons. The molecule has 0 aliphatic carbocycles. The summed E-state index contributed by atoms with van der Waals surface area (Å²) in [5.41, 5.74) is 6.70. The first-order chi connectivity index (χ1) is 9.89. The molecule has 0 aliphatic heterocycles. The summed E-state index contributed by atoms with van der Waals surface area (Å²) < 4.78 is 43.2. The van der Waals surface area contributed by atoms with Crippen LogP contribution in [-0.2, 0) is 0 Å². The maximum absolute atomic E-state index is 12.5. The van der Waals surface area contributed by atoms with E-state index in [1.807, 2.05) is 31.2 Å². The van der Waals surface area contributed by atoms with Gasteiger partial charge >= 0.3 is 6.18 Å². The highest BCUT2D eigenvalue weighted by atomic mass is 19.4. The zero-order valence-electron chi connectivity index (χ0n) is 11.9. The van der Waals surface area contributed by atoms with Crippen LogP contribution in [0.2, 0.25) is 0 Å². The van der Waals surface area contributed by atoms with Gasteiger partial charge in [-0.1, -0.05) is 25.1 Å². The van der Waals surface area contributed by atoms with Crippen LogP contribution in [0.25, 0.3) is 11.0 Å². The lowest BCUT2D eigenvalue weighted by molar-refractivity contribution is -0.146. The van der Waals surface area contributed by atoms with Gasteiger partial charge in [-0.2, -0.15) is 13.2 Å². The van der Waals surface area contributed by atoms with Gasteiger partial charge in [0, 0.05) is 11.9 Å². The zero-order chi connectivity index (χ0) is 15.5. The smallest absolute Gasteiger partial charge is 0.401 e. The lowest BCUT2D eigenvalue weighted by Crippen LogP contribution is -2.39. The van der Waals surface area contributed by atoms with Crippen molar-refractivity contribution in [2.24, 2.45) is 5.73 Å². The highest BCUT2D eigenvalue weighted by Gasteiger charge is 2.31. The molecule has 0 fully saturated rings. The number of nitrogens with zero attached hydrogens (tertiary/aromatic N) is 1. The van der Waals surface area contributed by atoms with E-state index in [4.69, 9.17) is 10.2 Å². The molecule has 6 heteroatoms. The van der Waals surface area contributed by atoms with Gasteiger partial charge in [0.1, 0.15) is 11.3 Å². The van der Waals surface area contributed by atoms with Crippen molar-refractivity contribution in [1.82, 2.24) is 4.90 Å². The first-order valence-corrected chi connectivity index (χ1v) is 6.92. The summed E-state index contributed by atoms with van der Waals surface area (Å²) in [6, 6.07) is 8.62. The second-order valence-corrected chi connectivity index (χ2v) is 5.14. The Morgan fingerprint density at radius 3 is 2.62 bits per heavy atom. The predicted molar refractivity (Wildman–Crippen MR) is 75.9 cm³/mol. The maximum Gasteiger partial charge on any atom is 0.401 e. The lowest BCUT2D eigenvalue weighted by Gasteiger charge is -2.25. The number of fused-ring (bicyclic) bond motifs is 1. The van der Waals surface area contributed by atoms with Gasteiger partial charge in [0.05, 0.1) is 12.6 Å². The summed E-state index contributed by atoms with van der Waals surface area (Å²) in [4.78, 5) is 1.32. The SMILES string of the molecule is CCCN(CC(N)c1cc2ccccc2o1)CC(F)(F)F. The Hall–Kier alpha value is -1.53. The summed E-state index contributed by atoms with van der Waals surface area (Å²) in [5.74, 6) is 0.513. The van der Waals surface area contributed by atoms with Crippen molar-refractivity contribution in [2.75, 3.05) is 19.6 Å². The molecule has 0 radical (unpaired) electrons. The molecule has 1 aromatic heterocycles. The topological polar surface area (TPSA) is 42.4 Å². The lowest BCUT2D eigenvalue weighted by atomic mass is 10.2. The molecule has 2 N–H and O–H groups in total. The van der Waals surface area contributed by atoms with E-state index >= 15 is 0 Å². The molecular formula is C15H19F3N2O. The van der Waals surface area contributed by atoms with Crippen molar-refractivity contribution in [3.8, 4) is 0 Å². The molecule has 1 heterocycles. The molecule has 0 saturated carbocycles. The molecule has 0 bridgehead atoms. The van der Waals surface area contributed by atoms with Gasteiger partial charge in [-0.25, -0.2) is 0 Å². The van der Waals surface area contributed by atoms with Gasteiger partial charge in [-0.15, -0.1) is 0 Å². The summed E-state index contributed by atoms with van der Waals surface area (Å²) in [6.07, 6.45) is -3.58. The Morgan fingerprint density at radius 1 is 1.29 bits per heavy atom. The van der Waals surface area contributed by atoms with E-state index in [2.05, 4.69) is 0 Å². The fourth-order valence-electron chi connectivity index (χ4n) is 2.36. The largest absolute Gasteiger partial charge is 0.459 e. The molecule has 2 rings (SSSR count). The average Bonchev–Trinajstić information content (AvgIpc) is 2.80. The minimum Gasteiger partial charge on any atom is -0.459 e. The Balaban J connectivity index is 2.08. The number of para-hydroxylation sites is 1. The van der Waals surface area contributed by atoms with Crippen molar-refractivity contribution >= 4 is 11.0 Å². The monoisotopic (exact) mass is 300 g/mol. The third kappa shape index (κ3) is 4.47. The fraction of sp³-hybridized carbons (Fsp3) is 0.467.